The lowest BCUT2D eigenvalue weighted by molar-refractivity contribution is -0.142. The minimum Gasteiger partial charge on any atom is -0.479 e. The van der Waals surface area contributed by atoms with E-state index in [4.69, 9.17) is 16.7 Å². The number of halogens is 2. The predicted molar refractivity (Wildman–Crippen MR) is 57.2 cm³/mol. The standard InChI is InChI=1S/C10H9ClFNO3/c1-6(13-16-5-10(14)15)8-3-2-7(12)4-9(8)11/h2-4H,5H2,1H3,(H,14,15). The summed E-state index contributed by atoms with van der Waals surface area (Å²) in [7, 11) is 0. The van der Waals surface area contributed by atoms with Crippen molar-refractivity contribution in [3.05, 3.63) is 34.6 Å². The number of carboxylic acid groups (broad SMARTS) is 1. The molecule has 0 aromatic heterocycles. The lowest BCUT2D eigenvalue weighted by atomic mass is 10.1. The summed E-state index contributed by atoms with van der Waals surface area (Å²) in [5, 5.41) is 12.1. The number of hydrogen-bond donors (Lipinski definition) is 1. The van der Waals surface area contributed by atoms with E-state index < -0.39 is 18.4 Å². The van der Waals surface area contributed by atoms with E-state index in [1.807, 2.05) is 0 Å². The molecule has 1 rings (SSSR count). The van der Waals surface area contributed by atoms with Crippen LogP contribution >= 0.6 is 11.6 Å². The third-order valence-corrected chi connectivity index (χ3v) is 2.02. The molecule has 4 nitrogen and oxygen atoms in total. The summed E-state index contributed by atoms with van der Waals surface area (Å²) in [4.78, 5) is 14.7. The van der Waals surface area contributed by atoms with Gasteiger partial charge < -0.3 is 9.94 Å². The van der Waals surface area contributed by atoms with Gasteiger partial charge >= 0.3 is 5.97 Å². The Bertz CT molecular complexity index is 434. The normalized spacial score (nSPS) is 11.3. The van der Waals surface area contributed by atoms with Crippen molar-refractivity contribution in [2.75, 3.05) is 6.61 Å². The van der Waals surface area contributed by atoms with Gasteiger partial charge in [0.25, 0.3) is 0 Å². The zero-order valence-corrected chi connectivity index (χ0v) is 9.16. The van der Waals surface area contributed by atoms with Crippen molar-refractivity contribution < 1.29 is 19.1 Å². The number of rotatable bonds is 4. The van der Waals surface area contributed by atoms with E-state index in [2.05, 4.69) is 9.99 Å². The smallest absolute Gasteiger partial charge is 0.344 e. The van der Waals surface area contributed by atoms with Crippen LogP contribution in [-0.4, -0.2) is 23.4 Å². The van der Waals surface area contributed by atoms with Crippen LogP contribution in [-0.2, 0) is 9.63 Å². The Kier molecular flexibility index (Phi) is 4.25. The molecule has 0 amide bonds. The quantitative estimate of drug-likeness (QED) is 0.654. The Balaban J connectivity index is 2.79. The zero-order chi connectivity index (χ0) is 12.1. The van der Waals surface area contributed by atoms with Crippen molar-refractivity contribution >= 4 is 23.3 Å². The second kappa shape index (κ2) is 5.46. The Morgan fingerprint density at radius 1 is 1.62 bits per heavy atom. The molecule has 0 fully saturated rings. The highest BCUT2D eigenvalue weighted by molar-refractivity contribution is 6.34. The summed E-state index contributed by atoms with van der Waals surface area (Å²) >= 11 is 5.77. The van der Waals surface area contributed by atoms with Gasteiger partial charge in [0.1, 0.15) is 5.82 Å². The van der Waals surface area contributed by atoms with E-state index in [-0.39, 0.29) is 5.02 Å². The minimum atomic E-state index is -1.12. The van der Waals surface area contributed by atoms with Crippen LogP contribution in [0.25, 0.3) is 0 Å². The molecule has 0 aliphatic heterocycles. The molecule has 0 unspecified atom stereocenters. The number of oxime groups is 1. The maximum Gasteiger partial charge on any atom is 0.344 e. The van der Waals surface area contributed by atoms with Crippen LogP contribution < -0.4 is 0 Å². The highest BCUT2D eigenvalue weighted by Crippen LogP contribution is 2.18. The first-order valence-corrected chi connectivity index (χ1v) is 4.72. The van der Waals surface area contributed by atoms with Crippen molar-refractivity contribution in [2.45, 2.75) is 6.92 Å². The molecule has 0 heterocycles. The van der Waals surface area contributed by atoms with E-state index in [9.17, 15) is 9.18 Å². The van der Waals surface area contributed by atoms with Crippen LogP contribution in [0.15, 0.2) is 23.4 Å². The average molecular weight is 246 g/mol. The molecule has 1 aromatic carbocycles. The molecule has 1 aromatic rings. The van der Waals surface area contributed by atoms with Crippen LogP contribution in [0.1, 0.15) is 12.5 Å². The van der Waals surface area contributed by atoms with Crippen LogP contribution in [0.3, 0.4) is 0 Å². The number of carboxylic acids is 1. The number of aliphatic carboxylic acids is 1. The van der Waals surface area contributed by atoms with Gasteiger partial charge in [-0.15, -0.1) is 0 Å². The van der Waals surface area contributed by atoms with Gasteiger partial charge in [-0.25, -0.2) is 9.18 Å². The summed E-state index contributed by atoms with van der Waals surface area (Å²) in [6, 6.07) is 3.82. The van der Waals surface area contributed by atoms with Gasteiger partial charge in [0.15, 0.2) is 0 Å². The monoisotopic (exact) mass is 245 g/mol. The number of hydrogen-bond acceptors (Lipinski definition) is 3. The van der Waals surface area contributed by atoms with Crippen molar-refractivity contribution in [1.29, 1.82) is 0 Å². The fourth-order valence-electron chi connectivity index (χ4n) is 1.02. The molecule has 0 saturated carbocycles. The van der Waals surface area contributed by atoms with Gasteiger partial charge in [0, 0.05) is 5.56 Å². The van der Waals surface area contributed by atoms with Gasteiger partial charge in [-0.05, 0) is 25.1 Å². The molecule has 0 spiro atoms. The van der Waals surface area contributed by atoms with E-state index in [1.165, 1.54) is 12.1 Å². The lowest BCUT2D eigenvalue weighted by Gasteiger charge is -2.03. The molecule has 6 heteroatoms. The fourth-order valence-corrected chi connectivity index (χ4v) is 1.32. The Hall–Kier alpha value is -1.62. The molecule has 0 aliphatic carbocycles. The van der Waals surface area contributed by atoms with E-state index in [0.29, 0.717) is 11.3 Å². The molecule has 0 bridgehead atoms. The number of nitrogens with zero attached hydrogens (tertiary/aromatic N) is 1. The van der Waals surface area contributed by atoms with Crippen molar-refractivity contribution in [1.82, 2.24) is 0 Å². The highest BCUT2D eigenvalue weighted by atomic mass is 35.5. The maximum absolute atomic E-state index is 12.7. The molecule has 86 valence electrons. The largest absolute Gasteiger partial charge is 0.479 e. The molecule has 1 N–H and O–H groups in total. The Morgan fingerprint density at radius 3 is 2.88 bits per heavy atom. The van der Waals surface area contributed by atoms with Crippen molar-refractivity contribution in [2.24, 2.45) is 5.16 Å². The summed E-state index contributed by atoms with van der Waals surface area (Å²) < 4.78 is 12.7. The second-order valence-corrected chi connectivity index (χ2v) is 3.38. The summed E-state index contributed by atoms with van der Waals surface area (Å²) in [5.41, 5.74) is 0.875. The van der Waals surface area contributed by atoms with E-state index in [1.54, 1.807) is 6.92 Å². The lowest BCUT2D eigenvalue weighted by Crippen LogP contribution is -2.05. The van der Waals surface area contributed by atoms with Crippen molar-refractivity contribution in [3.8, 4) is 0 Å². The van der Waals surface area contributed by atoms with Crippen LogP contribution in [0.2, 0.25) is 5.02 Å². The highest BCUT2D eigenvalue weighted by Gasteiger charge is 2.06. The summed E-state index contributed by atoms with van der Waals surface area (Å²) in [6.45, 7) is 1.05. The first-order valence-electron chi connectivity index (χ1n) is 4.34. The average Bonchev–Trinajstić information content (AvgIpc) is 2.16. The molecule has 0 atom stereocenters. The van der Waals surface area contributed by atoms with Crippen LogP contribution in [0, 0.1) is 5.82 Å². The van der Waals surface area contributed by atoms with Gasteiger partial charge in [-0.2, -0.15) is 0 Å². The molecule has 16 heavy (non-hydrogen) atoms. The third kappa shape index (κ3) is 3.51. The van der Waals surface area contributed by atoms with Gasteiger partial charge in [0.2, 0.25) is 6.61 Å². The molecule has 0 aliphatic rings. The van der Waals surface area contributed by atoms with Crippen LogP contribution in [0.4, 0.5) is 4.39 Å². The first-order chi connectivity index (χ1) is 7.50. The van der Waals surface area contributed by atoms with Crippen LogP contribution in [0.5, 0.6) is 0 Å². The summed E-state index contributed by atoms with van der Waals surface area (Å²) in [5.74, 6) is -1.57. The topological polar surface area (TPSA) is 58.9 Å². The fraction of sp³-hybridized carbons (Fsp3) is 0.200. The maximum atomic E-state index is 12.7. The number of carbonyl (C=O) groups is 1. The van der Waals surface area contributed by atoms with Gasteiger partial charge in [-0.1, -0.05) is 16.8 Å². The second-order valence-electron chi connectivity index (χ2n) is 2.97. The first kappa shape index (κ1) is 12.4. The zero-order valence-electron chi connectivity index (χ0n) is 8.41. The molecule has 0 radical (unpaired) electrons. The summed E-state index contributed by atoms with van der Waals surface area (Å²) in [6.07, 6.45) is 0. The van der Waals surface area contributed by atoms with E-state index in [0.717, 1.165) is 6.07 Å². The third-order valence-electron chi connectivity index (χ3n) is 1.71. The minimum absolute atomic E-state index is 0.195. The van der Waals surface area contributed by atoms with Crippen molar-refractivity contribution in [3.63, 3.8) is 0 Å². The molecular formula is C10H9ClFNO3. The Labute approximate surface area is 96.3 Å². The van der Waals surface area contributed by atoms with E-state index >= 15 is 0 Å². The SMILES string of the molecule is CC(=NOCC(=O)O)c1ccc(F)cc1Cl. The molecule has 0 saturated heterocycles. The Morgan fingerprint density at radius 2 is 2.31 bits per heavy atom. The van der Waals surface area contributed by atoms with Gasteiger partial charge in [-0.3, -0.25) is 0 Å². The molecular weight excluding hydrogens is 237 g/mol. The van der Waals surface area contributed by atoms with Gasteiger partial charge in [0.05, 0.1) is 10.7 Å². The predicted octanol–water partition coefficient (Wildman–Crippen LogP) is 2.30. The number of benzene rings is 1.